The number of nitrogens with one attached hydrogen (secondary N) is 1. The molecule has 26 heavy (non-hydrogen) atoms. The Labute approximate surface area is 157 Å². The van der Waals surface area contributed by atoms with Crippen molar-refractivity contribution in [1.82, 2.24) is 9.62 Å². The van der Waals surface area contributed by atoms with E-state index in [0.29, 0.717) is 36.4 Å². The minimum atomic E-state index is -3.41. The maximum absolute atomic E-state index is 12.8. The number of hydrogen-bond donors (Lipinski definition) is 1. The second-order valence-electron chi connectivity index (χ2n) is 7.70. The van der Waals surface area contributed by atoms with Gasteiger partial charge in [0.05, 0.1) is 4.90 Å². The molecule has 6 heteroatoms. The molecule has 0 bridgehead atoms. The van der Waals surface area contributed by atoms with Crippen LogP contribution in [0.4, 0.5) is 0 Å². The topological polar surface area (TPSA) is 66.5 Å². The lowest BCUT2D eigenvalue weighted by molar-refractivity contribution is -0.122. The molecule has 1 N–H and O–H groups in total. The molecule has 1 amide bonds. The van der Waals surface area contributed by atoms with E-state index in [1.165, 1.54) is 12.8 Å². The van der Waals surface area contributed by atoms with Crippen molar-refractivity contribution in [2.45, 2.75) is 69.2 Å². The third kappa shape index (κ3) is 4.65. The van der Waals surface area contributed by atoms with Crippen molar-refractivity contribution in [2.75, 3.05) is 13.1 Å². The molecule has 0 aromatic heterocycles. The first-order valence-electron chi connectivity index (χ1n) is 9.82. The third-order valence-corrected chi connectivity index (χ3v) is 7.84. The molecule has 3 rings (SSSR count). The van der Waals surface area contributed by atoms with Crippen molar-refractivity contribution >= 4 is 15.9 Å². The van der Waals surface area contributed by atoms with Crippen molar-refractivity contribution in [3.8, 4) is 0 Å². The van der Waals surface area contributed by atoms with Gasteiger partial charge in [0.15, 0.2) is 0 Å². The van der Waals surface area contributed by atoms with Gasteiger partial charge in [-0.25, -0.2) is 8.42 Å². The Bertz CT molecular complexity index is 718. The van der Waals surface area contributed by atoms with Crippen molar-refractivity contribution in [3.63, 3.8) is 0 Å². The minimum absolute atomic E-state index is 0.159. The van der Waals surface area contributed by atoms with Crippen LogP contribution in [-0.2, 0) is 14.8 Å². The SMILES string of the molecule is Cc1ccccc1S(=O)(=O)N1CCC(CCC(=O)NC2CCCC2)CC1. The highest BCUT2D eigenvalue weighted by Crippen LogP contribution is 2.27. The van der Waals surface area contributed by atoms with Crippen molar-refractivity contribution in [1.29, 1.82) is 0 Å². The van der Waals surface area contributed by atoms with Gasteiger partial charge < -0.3 is 5.32 Å². The second kappa shape index (κ2) is 8.53. The van der Waals surface area contributed by atoms with Crippen LogP contribution in [-0.4, -0.2) is 37.8 Å². The van der Waals surface area contributed by atoms with E-state index in [9.17, 15) is 13.2 Å². The van der Waals surface area contributed by atoms with E-state index in [2.05, 4.69) is 5.32 Å². The van der Waals surface area contributed by atoms with Crippen LogP contribution in [0, 0.1) is 12.8 Å². The summed E-state index contributed by atoms with van der Waals surface area (Å²) in [6.07, 6.45) is 7.76. The van der Waals surface area contributed by atoms with E-state index in [-0.39, 0.29) is 5.91 Å². The number of rotatable bonds is 6. The van der Waals surface area contributed by atoms with E-state index < -0.39 is 10.0 Å². The third-order valence-electron chi connectivity index (χ3n) is 5.78. The largest absolute Gasteiger partial charge is 0.353 e. The van der Waals surface area contributed by atoms with E-state index in [1.54, 1.807) is 16.4 Å². The number of piperidine rings is 1. The van der Waals surface area contributed by atoms with Gasteiger partial charge in [-0.05, 0) is 56.6 Å². The highest BCUT2D eigenvalue weighted by molar-refractivity contribution is 7.89. The molecule has 1 aliphatic carbocycles. The molecule has 0 spiro atoms. The fourth-order valence-electron chi connectivity index (χ4n) is 4.13. The molecular weight excluding hydrogens is 348 g/mol. The van der Waals surface area contributed by atoms with Gasteiger partial charge >= 0.3 is 0 Å². The van der Waals surface area contributed by atoms with Gasteiger partial charge in [0.1, 0.15) is 0 Å². The lowest BCUT2D eigenvalue weighted by Gasteiger charge is -2.31. The summed E-state index contributed by atoms with van der Waals surface area (Å²) in [4.78, 5) is 12.5. The van der Waals surface area contributed by atoms with Gasteiger partial charge in [0.25, 0.3) is 0 Å². The molecule has 144 valence electrons. The standard InChI is InChI=1S/C20H30N2O3S/c1-16-6-2-5-9-19(16)26(24,25)22-14-12-17(13-15-22)10-11-20(23)21-18-7-3-4-8-18/h2,5-6,9,17-18H,3-4,7-8,10-15H2,1H3,(H,21,23). The zero-order valence-corrected chi connectivity index (χ0v) is 16.4. The van der Waals surface area contributed by atoms with Crippen LogP contribution in [0.2, 0.25) is 0 Å². The number of carbonyl (C=O) groups excluding carboxylic acids is 1. The molecule has 2 aliphatic rings. The summed E-state index contributed by atoms with van der Waals surface area (Å²) in [6.45, 7) is 2.93. The molecule has 0 unspecified atom stereocenters. The van der Waals surface area contributed by atoms with E-state index in [0.717, 1.165) is 37.7 Å². The zero-order chi connectivity index (χ0) is 18.6. The van der Waals surface area contributed by atoms with E-state index >= 15 is 0 Å². The van der Waals surface area contributed by atoms with Crippen LogP contribution in [0.5, 0.6) is 0 Å². The molecule has 1 aromatic carbocycles. The van der Waals surface area contributed by atoms with Gasteiger partial charge in [-0.2, -0.15) is 4.31 Å². The number of aryl methyl sites for hydroxylation is 1. The lowest BCUT2D eigenvalue weighted by atomic mass is 9.93. The van der Waals surface area contributed by atoms with Crippen molar-refractivity contribution < 1.29 is 13.2 Å². The minimum Gasteiger partial charge on any atom is -0.353 e. The van der Waals surface area contributed by atoms with Crippen LogP contribution < -0.4 is 5.32 Å². The Balaban J connectivity index is 1.46. The quantitative estimate of drug-likeness (QED) is 0.826. The number of sulfonamides is 1. The first kappa shape index (κ1) is 19.4. The first-order valence-corrected chi connectivity index (χ1v) is 11.3. The monoisotopic (exact) mass is 378 g/mol. The Morgan fingerprint density at radius 2 is 1.77 bits per heavy atom. The van der Waals surface area contributed by atoms with Crippen molar-refractivity contribution in [3.05, 3.63) is 29.8 Å². The molecule has 1 saturated heterocycles. The average molecular weight is 379 g/mol. The maximum atomic E-state index is 12.8. The van der Waals surface area contributed by atoms with Gasteiger partial charge in [-0.15, -0.1) is 0 Å². The van der Waals surface area contributed by atoms with Gasteiger partial charge in [-0.3, -0.25) is 4.79 Å². The number of hydrogen-bond acceptors (Lipinski definition) is 3. The fraction of sp³-hybridized carbons (Fsp3) is 0.650. The fourth-order valence-corrected chi connectivity index (χ4v) is 5.82. The highest BCUT2D eigenvalue weighted by Gasteiger charge is 2.30. The summed E-state index contributed by atoms with van der Waals surface area (Å²) < 4.78 is 27.3. The molecule has 2 fully saturated rings. The Hall–Kier alpha value is -1.40. The van der Waals surface area contributed by atoms with Gasteiger partial charge in [0, 0.05) is 25.6 Å². The second-order valence-corrected chi connectivity index (χ2v) is 9.61. The molecule has 1 heterocycles. The predicted octanol–water partition coefficient (Wildman–Crippen LogP) is 3.23. The van der Waals surface area contributed by atoms with E-state index in [1.807, 2.05) is 19.1 Å². The number of amides is 1. The molecule has 1 aromatic rings. The van der Waals surface area contributed by atoms with Crippen LogP contribution in [0.15, 0.2) is 29.2 Å². The summed E-state index contributed by atoms with van der Waals surface area (Å²) in [5.74, 6) is 0.597. The normalized spacial score (nSPS) is 20.3. The Morgan fingerprint density at radius 1 is 1.12 bits per heavy atom. The van der Waals surface area contributed by atoms with Crippen molar-refractivity contribution in [2.24, 2.45) is 5.92 Å². The summed E-state index contributed by atoms with van der Waals surface area (Å²) >= 11 is 0. The number of nitrogens with zero attached hydrogens (tertiary/aromatic N) is 1. The van der Waals surface area contributed by atoms with E-state index in [4.69, 9.17) is 0 Å². The van der Waals surface area contributed by atoms with Gasteiger partial charge in [0.2, 0.25) is 15.9 Å². The average Bonchev–Trinajstić information content (AvgIpc) is 3.13. The number of carbonyl (C=O) groups is 1. The zero-order valence-electron chi connectivity index (χ0n) is 15.6. The predicted molar refractivity (Wildman–Crippen MR) is 102 cm³/mol. The molecule has 0 atom stereocenters. The summed E-state index contributed by atoms with van der Waals surface area (Å²) in [7, 11) is -3.41. The van der Waals surface area contributed by atoms with Crippen LogP contribution in [0.25, 0.3) is 0 Å². The van der Waals surface area contributed by atoms with Gasteiger partial charge in [-0.1, -0.05) is 31.0 Å². The summed E-state index contributed by atoms with van der Waals surface area (Å²) in [5.41, 5.74) is 0.790. The van der Waals surface area contributed by atoms with Crippen LogP contribution in [0.1, 0.15) is 56.9 Å². The maximum Gasteiger partial charge on any atom is 0.243 e. The molecule has 5 nitrogen and oxygen atoms in total. The summed E-state index contributed by atoms with van der Waals surface area (Å²) in [6, 6.07) is 7.53. The Kier molecular flexibility index (Phi) is 6.35. The summed E-state index contributed by atoms with van der Waals surface area (Å²) in [5, 5.41) is 3.13. The highest BCUT2D eigenvalue weighted by atomic mass is 32.2. The smallest absolute Gasteiger partial charge is 0.243 e. The van der Waals surface area contributed by atoms with Crippen LogP contribution in [0.3, 0.4) is 0 Å². The molecule has 1 saturated carbocycles. The molecular formula is C20H30N2O3S. The van der Waals surface area contributed by atoms with Crippen LogP contribution >= 0.6 is 0 Å². The first-order chi connectivity index (χ1) is 12.5. The number of benzene rings is 1. The molecule has 0 radical (unpaired) electrons. The Morgan fingerprint density at radius 3 is 2.42 bits per heavy atom. The molecule has 1 aliphatic heterocycles. The lowest BCUT2D eigenvalue weighted by Crippen LogP contribution is -2.39.